The fourth-order valence-corrected chi connectivity index (χ4v) is 2.77. The summed E-state index contributed by atoms with van der Waals surface area (Å²) in [4.78, 5) is 24.2. The van der Waals surface area contributed by atoms with Crippen LogP contribution in [0, 0.1) is 13.8 Å². The average molecular weight is 369 g/mol. The van der Waals surface area contributed by atoms with Crippen molar-refractivity contribution in [2.75, 3.05) is 13.2 Å². The third kappa shape index (κ3) is 4.58. The fourth-order valence-electron chi connectivity index (χ4n) is 2.77. The van der Waals surface area contributed by atoms with Gasteiger partial charge in [-0.1, -0.05) is 30.3 Å². The van der Waals surface area contributed by atoms with Gasteiger partial charge in [0.2, 0.25) is 6.10 Å². The van der Waals surface area contributed by atoms with Crippen molar-refractivity contribution in [1.82, 2.24) is 5.32 Å². The molecule has 2 aromatic rings. The highest BCUT2D eigenvalue weighted by Gasteiger charge is 2.29. The lowest BCUT2D eigenvalue weighted by Crippen LogP contribution is -2.40. The highest BCUT2D eigenvalue weighted by atomic mass is 16.6. The van der Waals surface area contributed by atoms with Crippen LogP contribution in [0.1, 0.15) is 29.7 Å². The molecular weight excluding hydrogens is 346 g/mol. The molecule has 142 valence electrons. The first kappa shape index (κ1) is 18.8. The maximum atomic E-state index is 12.1. The number of esters is 1. The maximum absolute atomic E-state index is 12.1. The number of para-hydroxylation sites is 2. The predicted octanol–water partition coefficient (Wildman–Crippen LogP) is 2.86. The Morgan fingerprint density at radius 2 is 1.89 bits per heavy atom. The third-order valence-electron chi connectivity index (χ3n) is 4.53. The summed E-state index contributed by atoms with van der Waals surface area (Å²) in [6.45, 7) is 5.64. The molecule has 2 aromatic carbocycles. The molecule has 0 bridgehead atoms. The summed E-state index contributed by atoms with van der Waals surface area (Å²) in [6, 6.07) is 12.9. The summed E-state index contributed by atoms with van der Waals surface area (Å²) in [6.07, 6.45) is -0.884. The van der Waals surface area contributed by atoms with Gasteiger partial charge in [-0.15, -0.1) is 0 Å². The van der Waals surface area contributed by atoms with E-state index >= 15 is 0 Å². The Balaban J connectivity index is 1.49. The Hall–Kier alpha value is -3.02. The number of hydrogen-bond acceptors (Lipinski definition) is 5. The van der Waals surface area contributed by atoms with Crippen LogP contribution in [-0.4, -0.2) is 31.2 Å². The minimum Gasteiger partial charge on any atom is -0.485 e. The molecule has 1 aliphatic heterocycles. The summed E-state index contributed by atoms with van der Waals surface area (Å²) in [7, 11) is 0. The summed E-state index contributed by atoms with van der Waals surface area (Å²) in [5.41, 5.74) is 3.36. The first-order valence-electron chi connectivity index (χ1n) is 8.85. The Morgan fingerprint density at radius 1 is 1.15 bits per heavy atom. The predicted molar refractivity (Wildman–Crippen MR) is 99.8 cm³/mol. The van der Waals surface area contributed by atoms with Gasteiger partial charge >= 0.3 is 5.97 Å². The van der Waals surface area contributed by atoms with Crippen molar-refractivity contribution in [3.63, 3.8) is 0 Å². The molecule has 1 N–H and O–H groups in total. The fraction of sp³-hybridized carbons (Fsp3) is 0.333. The molecule has 3 rings (SSSR count). The number of aryl methyl sites for hydroxylation is 2. The van der Waals surface area contributed by atoms with Crippen LogP contribution >= 0.6 is 0 Å². The molecule has 0 fully saturated rings. The molecule has 6 heteroatoms. The van der Waals surface area contributed by atoms with Crippen LogP contribution in [0.25, 0.3) is 0 Å². The van der Waals surface area contributed by atoms with Gasteiger partial charge in [-0.25, -0.2) is 4.79 Å². The number of ether oxygens (including phenoxy) is 3. The zero-order valence-electron chi connectivity index (χ0n) is 15.7. The van der Waals surface area contributed by atoms with Gasteiger partial charge in [0.25, 0.3) is 5.91 Å². The van der Waals surface area contributed by atoms with Gasteiger partial charge in [-0.2, -0.15) is 0 Å². The largest absolute Gasteiger partial charge is 0.485 e. The Morgan fingerprint density at radius 3 is 2.63 bits per heavy atom. The molecule has 1 amide bonds. The van der Waals surface area contributed by atoms with E-state index in [1.165, 1.54) is 5.56 Å². The SMILES string of the molecule is Cc1ccc([C@@H](C)NC(=O)COC(=O)[C@H]2COc3ccccc3O2)cc1C. The van der Waals surface area contributed by atoms with E-state index in [9.17, 15) is 9.59 Å². The van der Waals surface area contributed by atoms with Crippen molar-refractivity contribution < 1.29 is 23.8 Å². The van der Waals surface area contributed by atoms with Crippen LogP contribution < -0.4 is 14.8 Å². The highest BCUT2D eigenvalue weighted by Crippen LogP contribution is 2.31. The lowest BCUT2D eigenvalue weighted by molar-refractivity contribution is -0.157. The van der Waals surface area contributed by atoms with E-state index in [0.29, 0.717) is 11.5 Å². The van der Waals surface area contributed by atoms with Gasteiger partial charge in [0.05, 0.1) is 6.04 Å². The van der Waals surface area contributed by atoms with Crippen molar-refractivity contribution in [1.29, 1.82) is 0 Å². The van der Waals surface area contributed by atoms with Crippen molar-refractivity contribution in [3.05, 3.63) is 59.2 Å². The van der Waals surface area contributed by atoms with E-state index in [2.05, 4.69) is 5.32 Å². The molecule has 1 aliphatic rings. The molecule has 6 nitrogen and oxygen atoms in total. The van der Waals surface area contributed by atoms with Crippen molar-refractivity contribution in [2.45, 2.75) is 32.9 Å². The number of carbonyl (C=O) groups is 2. The Kier molecular flexibility index (Phi) is 5.64. The van der Waals surface area contributed by atoms with Gasteiger partial charge < -0.3 is 19.5 Å². The first-order valence-corrected chi connectivity index (χ1v) is 8.85. The zero-order chi connectivity index (χ0) is 19.4. The van der Waals surface area contributed by atoms with Crippen LogP contribution in [0.3, 0.4) is 0 Å². The summed E-state index contributed by atoms with van der Waals surface area (Å²) in [5, 5.41) is 2.83. The number of amides is 1. The van der Waals surface area contributed by atoms with E-state index < -0.39 is 12.1 Å². The van der Waals surface area contributed by atoms with Crippen molar-refractivity contribution in [3.8, 4) is 11.5 Å². The normalized spacial score (nSPS) is 16.3. The maximum Gasteiger partial charge on any atom is 0.351 e. The number of benzene rings is 2. The smallest absolute Gasteiger partial charge is 0.351 e. The molecule has 1 heterocycles. The minimum atomic E-state index is -0.884. The molecule has 2 atom stereocenters. The Bertz CT molecular complexity index is 848. The van der Waals surface area contributed by atoms with Gasteiger partial charge in [0.15, 0.2) is 18.1 Å². The topological polar surface area (TPSA) is 73.9 Å². The van der Waals surface area contributed by atoms with E-state index in [-0.39, 0.29) is 25.2 Å². The Labute approximate surface area is 158 Å². The molecule has 0 unspecified atom stereocenters. The number of carbonyl (C=O) groups excluding carboxylic acids is 2. The van der Waals surface area contributed by atoms with Crippen LogP contribution in [0.4, 0.5) is 0 Å². The molecule has 27 heavy (non-hydrogen) atoms. The highest BCUT2D eigenvalue weighted by molar-refractivity contribution is 5.82. The van der Waals surface area contributed by atoms with Gasteiger partial charge in [0, 0.05) is 0 Å². The van der Waals surface area contributed by atoms with E-state index in [0.717, 1.165) is 11.1 Å². The second kappa shape index (κ2) is 8.12. The van der Waals surface area contributed by atoms with Gasteiger partial charge in [0.1, 0.15) is 6.61 Å². The van der Waals surface area contributed by atoms with Gasteiger partial charge in [-0.05, 0) is 49.6 Å². The lowest BCUT2D eigenvalue weighted by atomic mass is 10.0. The van der Waals surface area contributed by atoms with Crippen molar-refractivity contribution >= 4 is 11.9 Å². The van der Waals surface area contributed by atoms with Crippen LogP contribution in [0.15, 0.2) is 42.5 Å². The van der Waals surface area contributed by atoms with E-state index in [1.807, 2.05) is 45.0 Å². The monoisotopic (exact) mass is 369 g/mol. The van der Waals surface area contributed by atoms with Gasteiger partial charge in [-0.3, -0.25) is 4.79 Å². The summed E-state index contributed by atoms with van der Waals surface area (Å²) in [5.74, 6) is 0.0738. The standard InChI is InChI=1S/C21H23NO5/c1-13-8-9-16(10-14(13)2)15(3)22-20(23)12-26-21(24)19-11-25-17-6-4-5-7-18(17)27-19/h4-10,15,19H,11-12H2,1-3H3,(H,22,23)/t15-,19-/m1/s1. The molecular formula is C21H23NO5. The first-order chi connectivity index (χ1) is 12.9. The molecule has 0 saturated carbocycles. The molecule has 0 saturated heterocycles. The van der Waals surface area contributed by atoms with Crippen molar-refractivity contribution in [2.24, 2.45) is 0 Å². The van der Waals surface area contributed by atoms with E-state index in [1.54, 1.807) is 18.2 Å². The van der Waals surface area contributed by atoms with Crippen LogP contribution in [0.5, 0.6) is 11.5 Å². The second-order valence-electron chi connectivity index (χ2n) is 6.60. The summed E-state index contributed by atoms with van der Waals surface area (Å²) >= 11 is 0. The number of rotatable bonds is 5. The molecule has 0 aliphatic carbocycles. The zero-order valence-corrected chi connectivity index (χ0v) is 15.7. The third-order valence-corrected chi connectivity index (χ3v) is 4.53. The number of hydrogen-bond donors (Lipinski definition) is 1. The number of nitrogens with one attached hydrogen (secondary N) is 1. The molecule has 0 spiro atoms. The molecule has 0 aromatic heterocycles. The quantitative estimate of drug-likeness (QED) is 0.821. The van der Waals surface area contributed by atoms with E-state index in [4.69, 9.17) is 14.2 Å². The number of fused-ring (bicyclic) bond motifs is 1. The molecule has 0 radical (unpaired) electrons. The minimum absolute atomic E-state index is 0.0521. The average Bonchev–Trinajstić information content (AvgIpc) is 2.67. The lowest BCUT2D eigenvalue weighted by Gasteiger charge is -2.25. The van der Waals surface area contributed by atoms with Crippen LogP contribution in [-0.2, 0) is 14.3 Å². The van der Waals surface area contributed by atoms with Crippen LogP contribution in [0.2, 0.25) is 0 Å². The summed E-state index contributed by atoms with van der Waals surface area (Å²) < 4.78 is 16.1. The second-order valence-corrected chi connectivity index (χ2v) is 6.60.